The summed E-state index contributed by atoms with van der Waals surface area (Å²) in [6.45, 7) is 1.61. The van der Waals surface area contributed by atoms with Crippen molar-refractivity contribution in [3.05, 3.63) is 59.2 Å². The molecular weight excluding hydrogens is 390 g/mol. The minimum Gasteiger partial charge on any atom is -0.495 e. The highest BCUT2D eigenvalue weighted by Gasteiger charge is 2.30. The van der Waals surface area contributed by atoms with E-state index in [1.54, 1.807) is 6.92 Å². The number of sulfonamides is 1. The van der Waals surface area contributed by atoms with Gasteiger partial charge in [0, 0.05) is 11.6 Å². The van der Waals surface area contributed by atoms with Crippen LogP contribution in [0.25, 0.3) is 0 Å². The van der Waals surface area contributed by atoms with Gasteiger partial charge in [0.2, 0.25) is 10.0 Å². The fourth-order valence-electron chi connectivity index (χ4n) is 2.66. The Bertz CT molecular complexity index is 1010. The molecule has 0 radical (unpaired) electrons. The van der Waals surface area contributed by atoms with Crippen molar-refractivity contribution in [1.82, 2.24) is 10.0 Å². The topological polar surface area (TPSA) is 84.5 Å². The highest BCUT2D eigenvalue weighted by molar-refractivity contribution is 7.89. The molecule has 1 saturated carbocycles. The standard InChI is InChI=1S/C19H20F2N2O4S/c1-11(12-3-7-15(20)16(21)9-12)22-19(24)13-4-8-17(27-2)18(10-13)28(25,26)23-14-5-6-14/h3-4,7-11,14,23H,5-6H2,1-2H3,(H,22,24). The van der Waals surface area contributed by atoms with Crippen LogP contribution in [0, 0.1) is 11.6 Å². The van der Waals surface area contributed by atoms with E-state index >= 15 is 0 Å². The van der Waals surface area contributed by atoms with Crippen LogP contribution in [0.1, 0.15) is 41.7 Å². The van der Waals surface area contributed by atoms with Crippen LogP contribution in [0.4, 0.5) is 8.78 Å². The van der Waals surface area contributed by atoms with Gasteiger partial charge in [-0.3, -0.25) is 4.79 Å². The van der Waals surface area contributed by atoms with Crippen LogP contribution in [-0.4, -0.2) is 27.5 Å². The van der Waals surface area contributed by atoms with Gasteiger partial charge in [-0.05, 0) is 55.7 Å². The number of hydrogen-bond acceptors (Lipinski definition) is 4. The number of halogens is 2. The molecule has 28 heavy (non-hydrogen) atoms. The molecule has 2 N–H and O–H groups in total. The number of ether oxygens (including phenoxy) is 1. The third kappa shape index (κ3) is 4.48. The third-order valence-corrected chi connectivity index (χ3v) is 5.95. The number of rotatable bonds is 7. The highest BCUT2D eigenvalue weighted by atomic mass is 32.2. The second-order valence-electron chi connectivity index (χ2n) is 6.63. The Balaban J connectivity index is 1.83. The molecular formula is C19H20F2N2O4S. The average molecular weight is 410 g/mol. The molecule has 2 aromatic carbocycles. The maximum Gasteiger partial charge on any atom is 0.251 e. The maximum atomic E-state index is 13.4. The summed E-state index contributed by atoms with van der Waals surface area (Å²) in [4.78, 5) is 12.4. The summed E-state index contributed by atoms with van der Waals surface area (Å²) in [5, 5.41) is 2.64. The fourth-order valence-corrected chi connectivity index (χ4v) is 4.16. The zero-order chi connectivity index (χ0) is 20.5. The molecule has 1 amide bonds. The lowest BCUT2D eigenvalue weighted by Crippen LogP contribution is -2.28. The van der Waals surface area contributed by atoms with Gasteiger partial charge in [-0.25, -0.2) is 21.9 Å². The monoisotopic (exact) mass is 410 g/mol. The molecule has 0 heterocycles. The second-order valence-corrected chi connectivity index (χ2v) is 8.31. The minimum absolute atomic E-state index is 0.0967. The van der Waals surface area contributed by atoms with E-state index in [1.807, 2.05) is 0 Å². The lowest BCUT2D eigenvalue weighted by molar-refractivity contribution is 0.0939. The van der Waals surface area contributed by atoms with E-state index < -0.39 is 33.6 Å². The largest absolute Gasteiger partial charge is 0.495 e. The van der Waals surface area contributed by atoms with Gasteiger partial charge in [0.05, 0.1) is 13.2 Å². The SMILES string of the molecule is COc1ccc(C(=O)NC(C)c2ccc(F)c(F)c2)cc1S(=O)(=O)NC1CC1. The minimum atomic E-state index is -3.83. The molecule has 1 fully saturated rings. The van der Waals surface area contributed by atoms with Crippen LogP contribution in [0.2, 0.25) is 0 Å². The van der Waals surface area contributed by atoms with Gasteiger partial charge < -0.3 is 10.1 Å². The molecule has 1 aliphatic carbocycles. The predicted octanol–water partition coefficient (Wildman–Crippen LogP) is 2.91. The van der Waals surface area contributed by atoms with Gasteiger partial charge in [-0.2, -0.15) is 0 Å². The third-order valence-electron chi connectivity index (χ3n) is 4.41. The quantitative estimate of drug-likeness (QED) is 0.735. The molecule has 2 aromatic rings. The molecule has 9 heteroatoms. The number of carbonyl (C=O) groups excluding carboxylic acids is 1. The molecule has 1 atom stereocenters. The van der Waals surface area contributed by atoms with E-state index in [1.165, 1.54) is 31.4 Å². The smallest absolute Gasteiger partial charge is 0.251 e. The van der Waals surface area contributed by atoms with E-state index in [0.717, 1.165) is 25.0 Å². The maximum absolute atomic E-state index is 13.4. The first-order valence-corrected chi connectivity index (χ1v) is 10.2. The van der Waals surface area contributed by atoms with Crippen LogP contribution in [0.15, 0.2) is 41.3 Å². The number of hydrogen-bond donors (Lipinski definition) is 2. The van der Waals surface area contributed by atoms with Gasteiger partial charge >= 0.3 is 0 Å². The average Bonchev–Trinajstić information content (AvgIpc) is 3.46. The summed E-state index contributed by atoms with van der Waals surface area (Å²) in [6, 6.07) is 6.71. The lowest BCUT2D eigenvalue weighted by Gasteiger charge is -2.16. The first-order valence-electron chi connectivity index (χ1n) is 8.67. The van der Waals surface area contributed by atoms with Crippen LogP contribution < -0.4 is 14.8 Å². The summed E-state index contributed by atoms with van der Waals surface area (Å²) in [7, 11) is -2.49. The molecule has 3 rings (SSSR count). The number of nitrogens with one attached hydrogen (secondary N) is 2. The molecule has 0 aromatic heterocycles. The van der Waals surface area contributed by atoms with Gasteiger partial charge in [0.15, 0.2) is 11.6 Å². The number of benzene rings is 2. The van der Waals surface area contributed by atoms with Gasteiger partial charge in [-0.15, -0.1) is 0 Å². The molecule has 150 valence electrons. The zero-order valence-corrected chi connectivity index (χ0v) is 16.1. The molecule has 0 aliphatic heterocycles. The Morgan fingerprint density at radius 3 is 2.46 bits per heavy atom. The molecule has 1 aliphatic rings. The van der Waals surface area contributed by atoms with E-state index in [9.17, 15) is 22.0 Å². The normalized spacial score (nSPS) is 15.1. The molecule has 0 saturated heterocycles. The summed E-state index contributed by atoms with van der Waals surface area (Å²) < 4.78 is 59.2. The Labute approximate surface area is 162 Å². The van der Waals surface area contributed by atoms with E-state index in [-0.39, 0.29) is 22.3 Å². The molecule has 1 unspecified atom stereocenters. The van der Waals surface area contributed by atoms with Crippen molar-refractivity contribution in [1.29, 1.82) is 0 Å². The van der Waals surface area contributed by atoms with Crippen molar-refractivity contribution in [2.24, 2.45) is 0 Å². The van der Waals surface area contributed by atoms with Crippen LogP contribution >= 0.6 is 0 Å². The number of methoxy groups -OCH3 is 1. The van der Waals surface area contributed by atoms with Crippen molar-refractivity contribution in [2.75, 3.05) is 7.11 Å². The van der Waals surface area contributed by atoms with Crippen molar-refractivity contribution in [2.45, 2.75) is 36.7 Å². The molecule has 6 nitrogen and oxygen atoms in total. The van der Waals surface area contributed by atoms with E-state index in [2.05, 4.69) is 10.0 Å². The van der Waals surface area contributed by atoms with Gasteiger partial charge in [-0.1, -0.05) is 6.07 Å². The van der Waals surface area contributed by atoms with Gasteiger partial charge in [0.25, 0.3) is 5.91 Å². The summed E-state index contributed by atoms with van der Waals surface area (Å²) in [6.07, 6.45) is 1.54. The van der Waals surface area contributed by atoms with Crippen LogP contribution in [0.5, 0.6) is 5.75 Å². The predicted molar refractivity (Wildman–Crippen MR) is 98.6 cm³/mol. The Morgan fingerprint density at radius 2 is 1.86 bits per heavy atom. The first-order chi connectivity index (χ1) is 13.2. The van der Waals surface area contributed by atoms with Crippen molar-refractivity contribution < 1.29 is 26.7 Å². The molecule has 0 bridgehead atoms. The Kier molecular flexibility index (Phi) is 5.66. The summed E-state index contributed by atoms with van der Waals surface area (Å²) in [5.41, 5.74) is 0.482. The van der Waals surface area contributed by atoms with Crippen molar-refractivity contribution in [3.63, 3.8) is 0 Å². The Hall–Kier alpha value is -2.52. The fraction of sp³-hybridized carbons (Fsp3) is 0.316. The van der Waals surface area contributed by atoms with E-state index in [0.29, 0.717) is 5.56 Å². The van der Waals surface area contributed by atoms with Crippen LogP contribution in [0.3, 0.4) is 0 Å². The first kappa shape index (κ1) is 20.2. The van der Waals surface area contributed by atoms with Crippen LogP contribution in [-0.2, 0) is 10.0 Å². The summed E-state index contributed by atoms with van der Waals surface area (Å²) >= 11 is 0. The zero-order valence-electron chi connectivity index (χ0n) is 15.3. The lowest BCUT2D eigenvalue weighted by atomic mass is 10.1. The number of carbonyl (C=O) groups is 1. The number of amides is 1. The van der Waals surface area contributed by atoms with Gasteiger partial charge in [0.1, 0.15) is 10.6 Å². The van der Waals surface area contributed by atoms with Crippen molar-refractivity contribution >= 4 is 15.9 Å². The highest BCUT2D eigenvalue weighted by Crippen LogP contribution is 2.28. The van der Waals surface area contributed by atoms with E-state index in [4.69, 9.17) is 4.74 Å². The summed E-state index contributed by atoms with van der Waals surface area (Å²) in [5.74, 6) is -2.42. The Morgan fingerprint density at radius 1 is 1.14 bits per heavy atom. The molecule has 0 spiro atoms. The van der Waals surface area contributed by atoms with Crippen molar-refractivity contribution in [3.8, 4) is 5.75 Å². The second kappa shape index (κ2) is 7.84.